The molecule has 0 aromatic carbocycles. The van der Waals surface area contributed by atoms with Crippen molar-refractivity contribution in [1.82, 2.24) is 0 Å². The van der Waals surface area contributed by atoms with E-state index in [1.165, 1.54) is 50.5 Å². The Balaban J connectivity index is 1.60. The van der Waals surface area contributed by atoms with Crippen molar-refractivity contribution in [2.75, 3.05) is 5.75 Å². The number of sulfone groups is 1. The molecule has 0 unspecified atom stereocenters. The van der Waals surface area contributed by atoms with Crippen LogP contribution in [0.15, 0.2) is 22.8 Å². The van der Waals surface area contributed by atoms with Crippen LogP contribution in [0.25, 0.3) is 0 Å². The fourth-order valence-electron chi connectivity index (χ4n) is 8.02. The molecule has 0 bridgehead atoms. The van der Waals surface area contributed by atoms with Crippen molar-refractivity contribution in [2.45, 2.75) is 116 Å². The van der Waals surface area contributed by atoms with Crippen LogP contribution in [0.5, 0.6) is 0 Å². The Hall–Kier alpha value is -0.610. The summed E-state index contributed by atoms with van der Waals surface area (Å²) >= 11 is 0. The predicted octanol–water partition coefficient (Wildman–Crippen LogP) is 6.62. The van der Waals surface area contributed by atoms with Gasteiger partial charge in [0.1, 0.15) is 4.75 Å². The highest BCUT2D eigenvalue weighted by Crippen LogP contribution is 2.60. The van der Waals surface area contributed by atoms with Gasteiger partial charge < -0.3 is 5.11 Å². The van der Waals surface area contributed by atoms with Gasteiger partial charge >= 0.3 is 0 Å². The second-order valence-electron chi connectivity index (χ2n) is 12.5. The molecular formula is C28H46O3S. The van der Waals surface area contributed by atoms with E-state index in [0.717, 1.165) is 41.7 Å². The van der Waals surface area contributed by atoms with Crippen LogP contribution >= 0.6 is 0 Å². The molecule has 0 radical (unpaired) electrons. The summed E-state index contributed by atoms with van der Waals surface area (Å²) in [6.45, 7) is 11.6. The van der Waals surface area contributed by atoms with Crippen molar-refractivity contribution in [2.24, 2.45) is 29.1 Å². The summed E-state index contributed by atoms with van der Waals surface area (Å²) < 4.78 is 25.9. The summed E-state index contributed by atoms with van der Waals surface area (Å²) in [6.07, 6.45) is 13.8. The maximum Gasteiger partial charge on any atom is 0.166 e. The largest absolute Gasteiger partial charge is 0.393 e. The highest BCUT2D eigenvalue weighted by atomic mass is 32.2. The second-order valence-corrected chi connectivity index (χ2v) is 14.8. The third-order valence-electron chi connectivity index (χ3n) is 9.88. The third kappa shape index (κ3) is 4.17. The highest BCUT2D eigenvalue weighted by Gasteiger charge is 2.53. The Morgan fingerprint density at radius 2 is 1.84 bits per heavy atom. The van der Waals surface area contributed by atoms with Gasteiger partial charge in [0.15, 0.2) is 9.84 Å². The average molecular weight is 463 g/mol. The highest BCUT2D eigenvalue weighted by molar-refractivity contribution is 7.93. The van der Waals surface area contributed by atoms with Crippen LogP contribution in [0.3, 0.4) is 0 Å². The number of fused-ring (bicyclic) bond motifs is 1. The zero-order chi connectivity index (χ0) is 23.3. The molecule has 1 heterocycles. The maximum atomic E-state index is 13.4. The summed E-state index contributed by atoms with van der Waals surface area (Å²) in [6, 6.07) is 0. The second kappa shape index (κ2) is 8.87. The van der Waals surface area contributed by atoms with E-state index in [9.17, 15) is 13.5 Å². The number of hydrogen-bond acceptors (Lipinski definition) is 3. The molecule has 4 aliphatic rings. The Bertz CT molecular complexity index is 882. The summed E-state index contributed by atoms with van der Waals surface area (Å²) in [7, 11) is -3.25. The maximum absolute atomic E-state index is 13.4. The molecule has 32 heavy (non-hydrogen) atoms. The number of hydrogen-bond donors (Lipinski definition) is 1. The Kier molecular flexibility index (Phi) is 6.80. The fraction of sp³-hybridized carbons (Fsp3) is 0.857. The van der Waals surface area contributed by atoms with Gasteiger partial charge in [0.25, 0.3) is 0 Å². The molecule has 4 rings (SSSR count). The predicted molar refractivity (Wildman–Crippen MR) is 133 cm³/mol. The minimum Gasteiger partial charge on any atom is -0.393 e. The molecule has 3 nitrogen and oxygen atoms in total. The monoisotopic (exact) mass is 462 g/mol. The van der Waals surface area contributed by atoms with Crippen LogP contribution in [-0.4, -0.2) is 30.1 Å². The molecule has 1 aliphatic heterocycles. The van der Waals surface area contributed by atoms with Gasteiger partial charge in [-0.3, -0.25) is 0 Å². The van der Waals surface area contributed by atoms with Crippen LogP contribution in [0.1, 0.15) is 105 Å². The minimum atomic E-state index is -3.25. The van der Waals surface area contributed by atoms with E-state index in [1.807, 2.05) is 6.92 Å². The van der Waals surface area contributed by atoms with Gasteiger partial charge in [0, 0.05) is 0 Å². The number of aliphatic hydroxyl groups is 1. The van der Waals surface area contributed by atoms with E-state index >= 15 is 0 Å². The van der Waals surface area contributed by atoms with Gasteiger partial charge in [0.05, 0.1) is 11.9 Å². The van der Waals surface area contributed by atoms with Crippen LogP contribution in [0, 0.1) is 29.1 Å². The average Bonchev–Trinajstić information content (AvgIpc) is 3.14. The molecule has 4 heteroatoms. The van der Waals surface area contributed by atoms with Crippen molar-refractivity contribution >= 4 is 9.84 Å². The lowest BCUT2D eigenvalue weighted by Gasteiger charge is -2.45. The van der Waals surface area contributed by atoms with Crippen LogP contribution < -0.4 is 0 Å². The van der Waals surface area contributed by atoms with E-state index in [4.69, 9.17) is 0 Å². The van der Waals surface area contributed by atoms with E-state index in [-0.39, 0.29) is 11.9 Å². The van der Waals surface area contributed by atoms with Gasteiger partial charge in [-0.25, -0.2) is 8.42 Å². The van der Waals surface area contributed by atoms with Gasteiger partial charge in [0.2, 0.25) is 0 Å². The van der Waals surface area contributed by atoms with Crippen molar-refractivity contribution < 1.29 is 13.5 Å². The first kappa shape index (κ1) is 24.5. The number of rotatable bonds is 6. The zero-order valence-electron chi connectivity index (χ0n) is 21.1. The van der Waals surface area contributed by atoms with Gasteiger partial charge in [-0.15, -0.1) is 0 Å². The number of allylic oxidation sites excluding steroid dienone is 1. The molecule has 0 amide bonds. The molecule has 0 aromatic rings. The molecule has 3 aliphatic carbocycles. The molecule has 182 valence electrons. The quantitative estimate of drug-likeness (QED) is 0.451. The van der Waals surface area contributed by atoms with E-state index in [1.54, 1.807) is 0 Å². The zero-order valence-corrected chi connectivity index (χ0v) is 21.9. The Morgan fingerprint density at radius 1 is 1.09 bits per heavy atom. The van der Waals surface area contributed by atoms with Gasteiger partial charge in [-0.1, -0.05) is 64.2 Å². The van der Waals surface area contributed by atoms with Crippen molar-refractivity contribution in [3.63, 3.8) is 0 Å². The van der Waals surface area contributed by atoms with Crippen LogP contribution in [-0.2, 0) is 9.84 Å². The Labute approximate surface area is 197 Å². The SMILES string of the molecule is CC(C)CCC[C@@H](C)[C@H]1CC[C@H]2/C(=C\[C@]3(C)C4=C(CC[C@H](O)C4)CS3(=O)=O)CCC[C@]12C. The van der Waals surface area contributed by atoms with Crippen molar-refractivity contribution in [1.29, 1.82) is 0 Å². The molecule has 2 fully saturated rings. The van der Waals surface area contributed by atoms with Gasteiger partial charge in [-0.05, 0) is 93.0 Å². The Morgan fingerprint density at radius 3 is 2.56 bits per heavy atom. The molecule has 0 saturated heterocycles. The van der Waals surface area contributed by atoms with Gasteiger partial charge in [-0.2, -0.15) is 0 Å². The van der Waals surface area contributed by atoms with Crippen molar-refractivity contribution in [3.8, 4) is 0 Å². The van der Waals surface area contributed by atoms with Crippen LogP contribution in [0.4, 0.5) is 0 Å². The lowest BCUT2D eigenvalue weighted by molar-refractivity contribution is 0.0925. The number of aliphatic hydroxyl groups excluding tert-OH is 1. The first-order valence-corrected chi connectivity index (χ1v) is 15.0. The molecule has 2 saturated carbocycles. The summed E-state index contributed by atoms with van der Waals surface area (Å²) in [5.74, 6) is 3.01. The molecular weight excluding hydrogens is 416 g/mol. The van der Waals surface area contributed by atoms with Crippen molar-refractivity contribution in [3.05, 3.63) is 22.8 Å². The first-order chi connectivity index (χ1) is 15.0. The fourth-order valence-corrected chi connectivity index (χ4v) is 10.0. The van der Waals surface area contributed by atoms with E-state index < -0.39 is 14.6 Å². The lowest BCUT2D eigenvalue weighted by atomic mass is 9.60. The third-order valence-corrected chi connectivity index (χ3v) is 12.3. The van der Waals surface area contributed by atoms with Crippen LogP contribution in [0.2, 0.25) is 0 Å². The molecule has 6 atom stereocenters. The smallest absolute Gasteiger partial charge is 0.166 e. The molecule has 1 N–H and O–H groups in total. The van der Waals surface area contributed by atoms with E-state index in [2.05, 4.69) is 33.8 Å². The van der Waals surface area contributed by atoms with E-state index in [0.29, 0.717) is 24.2 Å². The summed E-state index contributed by atoms with van der Waals surface area (Å²) in [5.41, 5.74) is 3.84. The molecule has 0 spiro atoms. The summed E-state index contributed by atoms with van der Waals surface area (Å²) in [5, 5.41) is 10.3. The summed E-state index contributed by atoms with van der Waals surface area (Å²) in [4.78, 5) is 0. The normalized spacial score (nSPS) is 41.2. The molecule has 0 aromatic heterocycles. The topological polar surface area (TPSA) is 54.4 Å². The standard InChI is InChI=1S/C28H46O3S/c1-19(2)8-6-9-20(3)24-13-14-25-21(10-7-15-27(24,25)4)17-28(5)26-16-23(29)12-11-22(26)18-32(28,30)31/h17,19-20,23-25,29H,6-16,18H2,1-5H3/b21-17-/t20-,23+,24-,25+,27-,28-/m1/s1. The lowest BCUT2D eigenvalue weighted by Crippen LogP contribution is -2.39. The minimum absolute atomic E-state index is 0.201. The first-order valence-electron chi connectivity index (χ1n) is 13.3.